The summed E-state index contributed by atoms with van der Waals surface area (Å²) >= 11 is 12.1. The minimum atomic E-state index is -0.304. The van der Waals surface area contributed by atoms with Gasteiger partial charge in [0, 0.05) is 5.02 Å². The Kier molecular flexibility index (Phi) is 2.94. The molecule has 4 nitrogen and oxygen atoms in total. The molecule has 1 aromatic heterocycles. The molecule has 1 atom stereocenters. The van der Waals surface area contributed by atoms with Crippen LogP contribution in [-0.2, 0) is 0 Å². The van der Waals surface area contributed by atoms with Gasteiger partial charge in [0.15, 0.2) is 11.7 Å². The number of oxazole rings is 1. The van der Waals surface area contributed by atoms with Crippen LogP contribution in [0.25, 0.3) is 11.1 Å². The van der Waals surface area contributed by atoms with E-state index >= 15 is 0 Å². The number of nitrogens with zero attached hydrogens (tertiary/aromatic N) is 1. The van der Waals surface area contributed by atoms with Gasteiger partial charge < -0.3 is 14.5 Å². The summed E-state index contributed by atoms with van der Waals surface area (Å²) in [5.74, 6) is 1.26. The smallest absolute Gasteiger partial charge is 0.238 e. The molecule has 0 spiro atoms. The van der Waals surface area contributed by atoms with Gasteiger partial charge in [-0.2, -0.15) is 0 Å². The Bertz CT molecular complexity index is 832. The molecule has 0 saturated heterocycles. The zero-order chi connectivity index (χ0) is 14.4. The SMILES string of the molecule is Clc1cc(Cl)c2oc(C3CNc4ccccc4O3)nc2c1. The Morgan fingerprint density at radius 3 is 2.95 bits per heavy atom. The lowest BCUT2D eigenvalue weighted by molar-refractivity contribution is 0.177. The molecule has 1 N–H and O–H groups in total. The summed E-state index contributed by atoms with van der Waals surface area (Å²) in [4.78, 5) is 4.43. The molecule has 2 aromatic carbocycles. The zero-order valence-electron chi connectivity index (χ0n) is 10.8. The van der Waals surface area contributed by atoms with Gasteiger partial charge in [-0.3, -0.25) is 0 Å². The maximum absolute atomic E-state index is 6.12. The molecular formula is C15H10Cl2N2O2. The van der Waals surface area contributed by atoms with Gasteiger partial charge in [-0.05, 0) is 24.3 Å². The number of hydrogen-bond donors (Lipinski definition) is 1. The van der Waals surface area contributed by atoms with Crippen LogP contribution >= 0.6 is 23.2 Å². The van der Waals surface area contributed by atoms with Gasteiger partial charge in [0.2, 0.25) is 5.89 Å². The van der Waals surface area contributed by atoms with E-state index in [2.05, 4.69) is 10.3 Å². The fourth-order valence-electron chi connectivity index (χ4n) is 2.37. The molecule has 106 valence electrons. The van der Waals surface area contributed by atoms with Crippen LogP contribution in [0.4, 0.5) is 5.69 Å². The van der Waals surface area contributed by atoms with Crippen molar-refractivity contribution in [3.63, 3.8) is 0 Å². The van der Waals surface area contributed by atoms with Gasteiger partial charge in [-0.25, -0.2) is 4.98 Å². The topological polar surface area (TPSA) is 47.3 Å². The highest BCUT2D eigenvalue weighted by Gasteiger charge is 2.25. The standard InChI is InChI=1S/C15H10Cl2N2O2/c16-8-5-9(17)14-11(6-8)19-15(21-14)13-7-18-10-3-1-2-4-12(10)20-13/h1-6,13,18H,7H2. The molecule has 0 radical (unpaired) electrons. The Morgan fingerprint density at radius 2 is 2.05 bits per heavy atom. The largest absolute Gasteiger partial charge is 0.477 e. The van der Waals surface area contributed by atoms with Crippen LogP contribution in [0.5, 0.6) is 5.75 Å². The second-order valence-electron chi connectivity index (χ2n) is 4.77. The monoisotopic (exact) mass is 320 g/mol. The summed E-state index contributed by atoms with van der Waals surface area (Å²) in [5, 5.41) is 4.27. The first-order chi connectivity index (χ1) is 10.2. The number of ether oxygens (including phenoxy) is 1. The van der Waals surface area contributed by atoms with Gasteiger partial charge in [-0.15, -0.1) is 0 Å². The quantitative estimate of drug-likeness (QED) is 0.707. The summed E-state index contributed by atoms with van der Waals surface area (Å²) in [6, 6.07) is 11.1. The minimum absolute atomic E-state index is 0.304. The van der Waals surface area contributed by atoms with E-state index in [-0.39, 0.29) is 6.10 Å². The Balaban J connectivity index is 1.73. The van der Waals surface area contributed by atoms with Crippen LogP contribution in [0.2, 0.25) is 10.0 Å². The third kappa shape index (κ3) is 2.20. The summed E-state index contributed by atoms with van der Waals surface area (Å²) in [6.07, 6.45) is -0.304. The maximum Gasteiger partial charge on any atom is 0.238 e. The van der Waals surface area contributed by atoms with Crippen LogP contribution in [-0.4, -0.2) is 11.5 Å². The van der Waals surface area contributed by atoms with Crippen molar-refractivity contribution >= 4 is 40.0 Å². The van der Waals surface area contributed by atoms with Crippen molar-refractivity contribution in [2.45, 2.75) is 6.10 Å². The molecule has 0 bridgehead atoms. The molecular weight excluding hydrogens is 311 g/mol. The van der Waals surface area contributed by atoms with Crippen LogP contribution < -0.4 is 10.1 Å². The summed E-state index contributed by atoms with van der Waals surface area (Å²) in [6.45, 7) is 0.579. The second kappa shape index (κ2) is 4.83. The molecule has 1 aliphatic rings. The van der Waals surface area contributed by atoms with Crippen molar-refractivity contribution in [1.82, 2.24) is 4.98 Å². The number of benzene rings is 2. The molecule has 3 aromatic rings. The third-order valence-corrected chi connectivity index (χ3v) is 3.83. The molecule has 1 unspecified atom stereocenters. The normalized spacial score (nSPS) is 17.1. The first kappa shape index (κ1) is 12.8. The van der Waals surface area contributed by atoms with Crippen LogP contribution in [0.3, 0.4) is 0 Å². The molecule has 0 fully saturated rings. The first-order valence-corrected chi connectivity index (χ1v) is 7.21. The Labute approximate surface area is 130 Å². The van der Waals surface area contributed by atoms with Crippen molar-refractivity contribution in [2.24, 2.45) is 0 Å². The van der Waals surface area contributed by atoms with Gasteiger partial charge in [-0.1, -0.05) is 35.3 Å². The minimum Gasteiger partial charge on any atom is -0.477 e. The van der Waals surface area contributed by atoms with Crippen molar-refractivity contribution in [2.75, 3.05) is 11.9 Å². The highest BCUT2D eigenvalue weighted by atomic mass is 35.5. The molecule has 6 heteroatoms. The molecule has 0 aliphatic carbocycles. The molecule has 1 aliphatic heterocycles. The molecule has 0 saturated carbocycles. The van der Waals surface area contributed by atoms with E-state index in [1.165, 1.54) is 0 Å². The van der Waals surface area contributed by atoms with E-state index < -0.39 is 0 Å². The zero-order valence-corrected chi connectivity index (χ0v) is 12.3. The lowest BCUT2D eigenvalue weighted by Gasteiger charge is -2.25. The van der Waals surface area contributed by atoms with E-state index in [9.17, 15) is 0 Å². The highest BCUT2D eigenvalue weighted by molar-refractivity contribution is 6.37. The fraction of sp³-hybridized carbons (Fsp3) is 0.133. The van der Waals surface area contributed by atoms with Gasteiger partial charge >= 0.3 is 0 Å². The average molecular weight is 321 g/mol. The highest BCUT2D eigenvalue weighted by Crippen LogP contribution is 2.36. The average Bonchev–Trinajstić information content (AvgIpc) is 2.91. The molecule has 0 amide bonds. The molecule has 4 rings (SSSR count). The van der Waals surface area contributed by atoms with Crippen LogP contribution in [0.15, 0.2) is 40.8 Å². The fourth-order valence-corrected chi connectivity index (χ4v) is 2.89. The lowest BCUT2D eigenvalue weighted by atomic mass is 10.2. The van der Waals surface area contributed by atoms with E-state index in [1.807, 2.05) is 24.3 Å². The van der Waals surface area contributed by atoms with E-state index in [0.717, 1.165) is 11.4 Å². The number of para-hydroxylation sites is 2. The first-order valence-electron chi connectivity index (χ1n) is 6.46. The van der Waals surface area contributed by atoms with Gasteiger partial charge in [0.05, 0.1) is 17.3 Å². The van der Waals surface area contributed by atoms with Crippen molar-refractivity contribution in [1.29, 1.82) is 0 Å². The predicted octanol–water partition coefficient (Wildman–Crippen LogP) is 4.68. The number of nitrogens with one attached hydrogen (secondary N) is 1. The Hall–Kier alpha value is -1.91. The van der Waals surface area contributed by atoms with E-state index in [1.54, 1.807) is 12.1 Å². The van der Waals surface area contributed by atoms with Crippen LogP contribution in [0, 0.1) is 0 Å². The van der Waals surface area contributed by atoms with Crippen molar-refractivity contribution < 1.29 is 9.15 Å². The maximum atomic E-state index is 6.12. The number of fused-ring (bicyclic) bond motifs is 2. The predicted molar refractivity (Wildman–Crippen MR) is 82.3 cm³/mol. The lowest BCUT2D eigenvalue weighted by Crippen LogP contribution is -2.23. The summed E-state index contributed by atoms with van der Waals surface area (Å²) in [5.41, 5.74) is 2.12. The number of rotatable bonds is 1. The van der Waals surface area contributed by atoms with Gasteiger partial charge in [0.25, 0.3) is 0 Å². The number of hydrogen-bond acceptors (Lipinski definition) is 4. The van der Waals surface area contributed by atoms with Crippen molar-refractivity contribution in [3.8, 4) is 5.75 Å². The number of aromatic nitrogens is 1. The third-order valence-electron chi connectivity index (χ3n) is 3.34. The number of halogens is 2. The van der Waals surface area contributed by atoms with Gasteiger partial charge in [0.1, 0.15) is 11.3 Å². The number of anilines is 1. The van der Waals surface area contributed by atoms with Crippen molar-refractivity contribution in [3.05, 3.63) is 52.3 Å². The Morgan fingerprint density at radius 1 is 1.19 bits per heavy atom. The molecule has 2 heterocycles. The summed E-state index contributed by atoms with van der Waals surface area (Å²) < 4.78 is 11.7. The second-order valence-corrected chi connectivity index (χ2v) is 5.62. The molecule has 21 heavy (non-hydrogen) atoms. The summed E-state index contributed by atoms with van der Waals surface area (Å²) in [7, 11) is 0. The van der Waals surface area contributed by atoms with E-state index in [0.29, 0.717) is 33.6 Å². The van der Waals surface area contributed by atoms with Crippen LogP contribution in [0.1, 0.15) is 12.0 Å². The van der Waals surface area contributed by atoms with E-state index in [4.69, 9.17) is 32.4 Å².